The predicted octanol–water partition coefficient (Wildman–Crippen LogP) is 2.79. The van der Waals surface area contributed by atoms with Crippen LogP contribution < -0.4 is 15.3 Å². The molecule has 0 saturated carbocycles. The van der Waals surface area contributed by atoms with Crippen molar-refractivity contribution >= 4 is 46.3 Å². The first kappa shape index (κ1) is 19.7. The highest BCUT2D eigenvalue weighted by Gasteiger charge is 2.23. The molecule has 0 bridgehead atoms. The van der Waals surface area contributed by atoms with Crippen LogP contribution in [0.25, 0.3) is 6.08 Å². The molecular weight excluding hydrogens is 374 g/mol. The molecule has 2 aromatic carbocycles. The molecule has 0 aliphatic carbocycles. The normalized spacial score (nSPS) is 16.4. The second-order valence-corrected chi connectivity index (χ2v) is 7.11. The van der Waals surface area contributed by atoms with Gasteiger partial charge in [-0.25, -0.2) is 4.99 Å². The summed E-state index contributed by atoms with van der Waals surface area (Å²) in [5, 5.41) is 14.1. The largest absolute Gasteiger partial charge is 0.545 e. The third-order valence-electron chi connectivity index (χ3n) is 4.30. The van der Waals surface area contributed by atoms with Crippen molar-refractivity contribution in [3.63, 3.8) is 0 Å². The van der Waals surface area contributed by atoms with Crippen LogP contribution in [0.15, 0.2) is 58.4 Å². The van der Waals surface area contributed by atoms with Gasteiger partial charge < -0.3 is 20.1 Å². The molecule has 0 spiro atoms. The smallest absolute Gasteiger partial charge is 0.264 e. The molecule has 0 radical (unpaired) electrons. The van der Waals surface area contributed by atoms with E-state index in [1.165, 1.54) is 23.9 Å². The first-order chi connectivity index (χ1) is 13.5. The van der Waals surface area contributed by atoms with E-state index in [-0.39, 0.29) is 11.5 Å². The minimum absolute atomic E-state index is 0.0982. The number of thioether (sulfide) groups is 1. The number of anilines is 1. The number of carboxylic acids is 1. The number of nitrogens with one attached hydrogen (secondary N) is 1. The van der Waals surface area contributed by atoms with E-state index in [0.29, 0.717) is 10.1 Å². The number of carbonyl (C=O) groups excluding carboxylic acids is 2. The lowest BCUT2D eigenvalue weighted by Gasteiger charge is -2.20. The van der Waals surface area contributed by atoms with Gasteiger partial charge in [0, 0.05) is 18.8 Å². The Morgan fingerprint density at radius 2 is 1.75 bits per heavy atom. The van der Waals surface area contributed by atoms with Gasteiger partial charge in [-0.15, -0.1) is 0 Å². The Morgan fingerprint density at radius 3 is 2.32 bits per heavy atom. The zero-order valence-electron chi connectivity index (χ0n) is 15.6. The van der Waals surface area contributed by atoms with Crippen molar-refractivity contribution in [2.24, 2.45) is 4.99 Å². The molecule has 1 aliphatic rings. The lowest BCUT2D eigenvalue weighted by molar-refractivity contribution is -0.255. The van der Waals surface area contributed by atoms with Gasteiger partial charge in [0.15, 0.2) is 5.17 Å². The summed E-state index contributed by atoms with van der Waals surface area (Å²) < 4.78 is 0. The zero-order valence-corrected chi connectivity index (χ0v) is 16.5. The fourth-order valence-corrected chi connectivity index (χ4v) is 3.63. The van der Waals surface area contributed by atoms with Gasteiger partial charge >= 0.3 is 0 Å². The fourth-order valence-electron chi connectivity index (χ4n) is 2.79. The lowest BCUT2D eigenvalue weighted by atomic mass is 10.1. The Balaban J connectivity index is 1.73. The molecule has 0 aromatic heterocycles. The Bertz CT molecular complexity index is 930. The maximum absolute atomic E-state index is 12.2. The molecule has 1 saturated heterocycles. The van der Waals surface area contributed by atoms with Crippen LogP contribution in [0.3, 0.4) is 0 Å². The third kappa shape index (κ3) is 4.61. The summed E-state index contributed by atoms with van der Waals surface area (Å²) in [5.74, 6) is -1.46. The summed E-state index contributed by atoms with van der Waals surface area (Å²) in [5.41, 5.74) is 2.73. The molecule has 6 nitrogen and oxygen atoms in total. The molecule has 1 fully saturated rings. The fraction of sp³-hybridized carbons (Fsp3) is 0.190. The van der Waals surface area contributed by atoms with Crippen LogP contribution in [0.1, 0.15) is 29.8 Å². The summed E-state index contributed by atoms with van der Waals surface area (Å²) in [6, 6.07) is 14.0. The van der Waals surface area contributed by atoms with Gasteiger partial charge in [-0.3, -0.25) is 4.79 Å². The van der Waals surface area contributed by atoms with E-state index in [1.807, 2.05) is 24.3 Å². The highest BCUT2D eigenvalue weighted by molar-refractivity contribution is 8.18. The van der Waals surface area contributed by atoms with Crippen LogP contribution in [-0.2, 0) is 4.79 Å². The van der Waals surface area contributed by atoms with Gasteiger partial charge in [0.05, 0.1) is 16.6 Å². The lowest BCUT2D eigenvalue weighted by Crippen LogP contribution is -2.21. The first-order valence-electron chi connectivity index (χ1n) is 8.96. The molecule has 144 valence electrons. The molecule has 1 amide bonds. The Morgan fingerprint density at radius 1 is 1.11 bits per heavy atom. The minimum atomic E-state index is -1.23. The molecule has 1 N–H and O–H groups in total. The first-order valence-corrected chi connectivity index (χ1v) is 9.77. The molecule has 1 aliphatic heterocycles. The quantitative estimate of drug-likeness (QED) is 0.762. The molecule has 0 unspecified atom stereocenters. The number of benzene rings is 2. The minimum Gasteiger partial charge on any atom is -0.545 e. The Labute approximate surface area is 168 Å². The summed E-state index contributed by atoms with van der Waals surface area (Å²) in [6.45, 7) is 6.10. The molecule has 2 aromatic rings. The van der Waals surface area contributed by atoms with E-state index in [4.69, 9.17) is 0 Å². The van der Waals surface area contributed by atoms with E-state index >= 15 is 0 Å². The van der Waals surface area contributed by atoms with Crippen LogP contribution in [0.4, 0.5) is 11.4 Å². The van der Waals surface area contributed by atoms with Gasteiger partial charge in [0.2, 0.25) is 0 Å². The topological polar surface area (TPSA) is 84.8 Å². The molecular formula is C21H20N3O3S-. The average molecular weight is 394 g/mol. The summed E-state index contributed by atoms with van der Waals surface area (Å²) >= 11 is 1.25. The van der Waals surface area contributed by atoms with Gasteiger partial charge in [-0.05, 0) is 67.1 Å². The average Bonchev–Trinajstić information content (AvgIpc) is 3.03. The van der Waals surface area contributed by atoms with E-state index in [2.05, 4.69) is 29.1 Å². The van der Waals surface area contributed by atoms with Crippen molar-refractivity contribution in [2.75, 3.05) is 18.0 Å². The van der Waals surface area contributed by atoms with Gasteiger partial charge in [0.25, 0.3) is 5.91 Å². The number of nitrogens with zero attached hydrogens (tertiary/aromatic N) is 2. The van der Waals surface area contributed by atoms with Gasteiger partial charge in [0.1, 0.15) is 0 Å². The van der Waals surface area contributed by atoms with Crippen LogP contribution >= 0.6 is 11.8 Å². The Kier molecular flexibility index (Phi) is 6.16. The van der Waals surface area contributed by atoms with Crippen molar-refractivity contribution in [3.8, 4) is 0 Å². The standard InChI is InChI=1S/C21H21N3O3S/c1-3-24(4-2)17-11-9-16(10-12-17)22-21-23-19(25)18(28-21)13-14-5-7-15(8-6-14)20(26)27/h5-13H,3-4H2,1-2H3,(H,26,27)(H,22,23,25)/p-1/b18-13-. The maximum atomic E-state index is 12.2. The van der Waals surface area contributed by atoms with Gasteiger partial charge in [-0.2, -0.15) is 0 Å². The van der Waals surface area contributed by atoms with Crippen LogP contribution in [0.5, 0.6) is 0 Å². The van der Waals surface area contributed by atoms with Crippen molar-refractivity contribution in [2.45, 2.75) is 13.8 Å². The number of amidine groups is 1. The maximum Gasteiger partial charge on any atom is 0.264 e. The van der Waals surface area contributed by atoms with E-state index in [0.717, 1.165) is 30.0 Å². The summed E-state index contributed by atoms with van der Waals surface area (Å²) in [6.07, 6.45) is 1.70. The second-order valence-electron chi connectivity index (χ2n) is 6.08. The van der Waals surface area contributed by atoms with Crippen LogP contribution in [0, 0.1) is 0 Å². The van der Waals surface area contributed by atoms with Crippen molar-refractivity contribution in [1.82, 2.24) is 5.32 Å². The van der Waals surface area contributed by atoms with E-state index < -0.39 is 5.97 Å². The van der Waals surface area contributed by atoms with Crippen molar-refractivity contribution in [1.29, 1.82) is 0 Å². The van der Waals surface area contributed by atoms with Crippen molar-refractivity contribution < 1.29 is 14.7 Å². The SMILES string of the molecule is CCN(CC)c1ccc(N=C2NC(=O)/C(=C/c3ccc(C(=O)[O-])cc3)S2)cc1. The van der Waals surface area contributed by atoms with Gasteiger partial charge in [-0.1, -0.05) is 24.3 Å². The highest BCUT2D eigenvalue weighted by atomic mass is 32.2. The van der Waals surface area contributed by atoms with Crippen LogP contribution in [0.2, 0.25) is 0 Å². The number of rotatable bonds is 6. The van der Waals surface area contributed by atoms with E-state index in [1.54, 1.807) is 18.2 Å². The molecule has 0 atom stereocenters. The highest BCUT2D eigenvalue weighted by Crippen LogP contribution is 2.28. The number of hydrogen-bond donors (Lipinski definition) is 1. The zero-order chi connectivity index (χ0) is 20.1. The summed E-state index contributed by atoms with van der Waals surface area (Å²) in [4.78, 5) is 30.2. The number of carboxylic acid groups (broad SMARTS) is 1. The number of aromatic carboxylic acids is 1. The summed E-state index contributed by atoms with van der Waals surface area (Å²) in [7, 11) is 0. The number of carbonyl (C=O) groups is 2. The van der Waals surface area contributed by atoms with E-state index in [9.17, 15) is 14.7 Å². The second kappa shape index (κ2) is 8.75. The number of amides is 1. The van der Waals surface area contributed by atoms with Crippen LogP contribution in [-0.4, -0.2) is 30.1 Å². The van der Waals surface area contributed by atoms with Crippen molar-refractivity contribution in [3.05, 3.63) is 64.6 Å². The third-order valence-corrected chi connectivity index (χ3v) is 5.21. The molecule has 3 rings (SSSR count). The number of hydrogen-bond acceptors (Lipinski definition) is 6. The predicted molar refractivity (Wildman–Crippen MR) is 112 cm³/mol. The Hall–Kier alpha value is -3.06. The molecule has 1 heterocycles. The number of aliphatic imine (C=N–C) groups is 1. The monoisotopic (exact) mass is 394 g/mol. The molecule has 7 heteroatoms. The molecule has 28 heavy (non-hydrogen) atoms.